The van der Waals surface area contributed by atoms with Gasteiger partial charge in [0.15, 0.2) is 0 Å². The van der Waals surface area contributed by atoms with Gasteiger partial charge in [0.2, 0.25) is 5.88 Å². The van der Waals surface area contributed by atoms with E-state index in [1.165, 1.54) is 0 Å². The third-order valence-corrected chi connectivity index (χ3v) is 6.53. The summed E-state index contributed by atoms with van der Waals surface area (Å²) >= 11 is 0. The van der Waals surface area contributed by atoms with Gasteiger partial charge < -0.3 is 29.2 Å². The Morgan fingerprint density at radius 2 is 1.77 bits per heavy atom. The molecule has 2 fully saturated rings. The van der Waals surface area contributed by atoms with Gasteiger partial charge in [-0.3, -0.25) is 4.99 Å². The maximum atomic E-state index is 11.3. The third-order valence-electron chi connectivity index (χ3n) is 6.53. The van der Waals surface area contributed by atoms with Crippen molar-refractivity contribution in [1.29, 1.82) is 0 Å². The molecular formula is C23H31N3O4. The molecule has 1 aromatic carbocycles. The van der Waals surface area contributed by atoms with Crippen molar-refractivity contribution in [3.8, 4) is 5.88 Å². The molecule has 3 aliphatic heterocycles. The highest BCUT2D eigenvalue weighted by Crippen LogP contribution is 2.39. The zero-order chi connectivity index (χ0) is 20.3. The molecule has 1 aromatic heterocycles. The van der Waals surface area contributed by atoms with Crippen LogP contribution in [0.25, 0.3) is 10.9 Å². The number of aromatic nitrogens is 1. The van der Waals surface area contributed by atoms with Crippen LogP contribution in [0.2, 0.25) is 0 Å². The maximum Gasteiger partial charge on any atom is 0.201 e. The van der Waals surface area contributed by atoms with Crippen LogP contribution in [-0.4, -0.2) is 68.1 Å². The van der Waals surface area contributed by atoms with Gasteiger partial charge in [-0.05, 0) is 49.8 Å². The Kier molecular flexibility index (Phi) is 5.93. The predicted molar refractivity (Wildman–Crippen MR) is 117 cm³/mol. The Morgan fingerprint density at radius 1 is 1.00 bits per heavy atom. The van der Waals surface area contributed by atoms with Crippen molar-refractivity contribution < 1.29 is 19.3 Å². The van der Waals surface area contributed by atoms with E-state index in [0.717, 1.165) is 86.5 Å². The van der Waals surface area contributed by atoms with Gasteiger partial charge in [-0.1, -0.05) is 0 Å². The monoisotopic (exact) mass is 413 g/mol. The summed E-state index contributed by atoms with van der Waals surface area (Å²) in [5.74, 6) is 0.952. The van der Waals surface area contributed by atoms with Gasteiger partial charge in [-0.15, -0.1) is 0 Å². The standard InChI is InChI=1S/C23H31N3O4/c27-23-22(20-15-30-12-7-24-20)19-13-17(25-14-16-3-8-28-9-4-16)1-2-21(19)26(23)18-5-10-29-11-6-18/h1-2,13,16,18,25,27H,3-12,14-15H2. The van der Waals surface area contributed by atoms with Crippen LogP contribution < -0.4 is 5.32 Å². The van der Waals surface area contributed by atoms with Crippen molar-refractivity contribution in [3.63, 3.8) is 0 Å². The molecule has 2 N–H and O–H groups in total. The van der Waals surface area contributed by atoms with Crippen molar-refractivity contribution in [2.45, 2.75) is 31.7 Å². The van der Waals surface area contributed by atoms with Gasteiger partial charge in [0.25, 0.3) is 0 Å². The van der Waals surface area contributed by atoms with Crippen LogP contribution in [0.5, 0.6) is 5.88 Å². The Hall–Kier alpha value is -2.09. The van der Waals surface area contributed by atoms with Crippen molar-refractivity contribution in [3.05, 3.63) is 23.8 Å². The van der Waals surface area contributed by atoms with E-state index in [1.807, 2.05) is 0 Å². The van der Waals surface area contributed by atoms with Crippen LogP contribution in [0, 0.1) is 5.92 Å². The minimum absolute atomic E-state index is 0.237. The van der Waals surface area contributed by atoms with E-state index in [-0.39, 0.29) is 6.04 Å². The smallest absolute Gasteiger partial charge is 0.201 e. The normalized spacial score (nSPS) is 21.7. The zero-order valence-electron chi connectivity index (χ0n) is 17.4. The molecule has 2 saturated heterocycles. The first kappa shape index (κ1) is 19.8. The van der Waals surface area contributed by atoms with E-state index in [9.17, 15) is 5.11 Å². The van der Waals surface area contributed by atoms with E-state index < -0.39 is 0 Å². The van der Waals surface area contributed by atoms with Crippen molar-refractivity contribution in [1.82, 2.24) is 4.57 Å². The Morgan fingerprint density at radius 3 is 2.50 bits per heavy atom. The van der Waals surface area contributed by atoms with Crippen LogP contribution in [0.3, 0.4) is 0 Å². The number of hydrogen-bond acceptors (Lipinski definition) is 6. The molecule has 4 heterocycles. The molecule has 30 heavy (non-hydrogen) atoms. The lowest BCUT2D eigenvalue weighted by molar-refractivity contribution is 0.0688. The first-order valence-electron chi connectivity index (χ1n) is 11.2. The summed E-state index contributed by atoms with van der Waals surface area (Å²) in [7, 11) is 0. The minimum Gasteiger partial charge on any atom is -0.494 e. The summed E-state index contributed by atoms with van der Waals surface area (Å²) < 4.78 is 18.8. The number of fused-ring (bicyclic) bond motifs is 1. The van der Waals surface area contributed by atoms with Gasteiger partial charge in [-0.2, -0.15) is 0 Å². The first-order chi connectivity index (χ1) is 14.8. The number of aromatic hydroxyl groups is 1. The summed E-state index contributed by atoms with van der Waals surface area (Å²) in [6.07, 6.45) is 4.03. The van der Waals surface area contributed by atoms with Gasteiger partial charge >= 0.3 is 0 Å². The second-order valence-electron chi connectivity index (χ2n) is 8.46. The predicted octanol–water partition coefficient (Wildman–Crippen LogP) is 3.36. The van der Waals surface area contributed by atoms with Gasteiger partial charge in [0.05, 0.1) is 36.6 Å². The molecule has 162 valence electrons. The highest BCUT2D eigenvalue weighted by atomic mass is 16.5. The number of hydrogen-bond donors (Lipinski definition) is 2. The molecule has 3 aliphatic rings. The second kappa shape index (κ2) is 8.96. The molecule has 0 bridgehead atoms. The first-order valence-corrected chi connectivity index (χ1v) is 11.2. The highest BCUT2D eigenvalue weighted by molar-refractivity contribution is 6.14. The zero-order valence-corrected chi connectivity index (χ0v) is 17.4. The molecule has 2 aromatic rings. The Labute approximate surface area is 177 Å². The van der Waals surface area contributed by atoms with Crippen LogP contribution in [0.1, 0.15) is 37.3 Å². The molecule has 0 unspecified atom stereocenters. The molecule has 0 atom stereocenters. The highest BCUT2D eigenvalue weighted by Gasteiger charge is 2.27. The van der Waals surface area contributed by atoms with E-state index >= 15 is 0 Å². The lowest BCUT2D eigenvalue weighted by atomic mass is 10.0. The number of aliphatic imine (C=N–C) groups is 1. The molecular weight excluding hydrogens is 382 g/mol. The van der Waals surface area contributed by atoms with Crippen LogP contribution in [0.4, 0.5) is 5.69 Å². The average molecular weight is 414 g/mol. The van der Waals surface area contributed by atoms with Crippen molar-refractivity contribution >= 4 is 22.3 Å². The molecule has 7 nitrogen and oxygen atoms in total. The third kappa shape index (κ3) is 3.94. The fourth-order valence-electron chi connectivity index (χ4n) is 4.83. The van der Waals surface area contributed by atoms with Crippen molar-refractivity contribution in [2.24, 2.45) is 10.9 Å². The minimum atomic E-state index is 0.237. The molecule has 5 rings (SSSR count). The van der Waals surface area contributed by atoms with E-state index in [4.69, 9.17) is 14.2 Å². The number of nitrogens with zero attached hydrogens (tertiary/aromatic N) is 2. The molecule has 7 heteroatoms. The summed E-state index contributed by atoms with van der Waals surface area (Å²) in [6.45, 7) is 5.85. The van der Waals surface area contributed by atoms with E-state index in [0.29, 0.717) is 31.6 Å². The molecule has 0 saturated carbocycles. The number of rotatable bonds is 5. The topological polar surface area (TPSA) is 77.2 Å². The summed E-state index contributed by atoms with van der Waals surface area (Å²) in [5.41, 5.74) is 3.80. The van der Waals surface area contributed by atoms with Crippen LogP contribution in [0.15, 0.2) is 23.2 Å². The quantitative estimate of drug-likeness (QED) is 0.786. The molecule has 0 aliphatic carbocycles. The summed E-state index contributed by atoms with van der Waals surface area (Å²) in [4.78, 5) is 4.68. The summed E-state index contributed by atoms with van der Waals surface area (Å²) in [6, 6.07) is 6.65. The maximum absolute atomic E-state index is 11.3. The van der Waals surface area contributed by atoms with Gasteiger partial charge in [-0.25, -0.2) is 0 Å². The largest absolute Gasteiger partial charge is 0.494 e. The molecule has 0 spiro atoms. The van der Waals surface area contributed by atoms with Crippen LogP contribution >= 0.6 is 0 Å². The van der Waals surface area contributed by atoms with Gasteiger partial charge in [0, 0.05) is 50.1 Å². The fourth-order valence-corrected chi connectivity index (χ4v) is 4.83. The number of nitrogens with one attached hydrogen (secondary N) is 1. The lowest BCUT2D eigenvalue weighted by Crippen LogP contribution is -2.22. The van der Waals surface area contributed by atoms with Crippen molar-refractivity contribution in [2.75, 3.05) is 58.0 Å². The SMILES string of the molecule is Oc1c(C2=NCCOC2)c2cc(NCC3CCOCC3)ccc2n1C1CCOCC1. The summed E-state index contributed by atoms with van der Waals surface area (Å²) in [5, 5.41) is 15.9. The average Bonchev–Trinajstić information content (AvgIpc) is 3.10. The Balaban J connectivity index is 1.50. The number of benzene rings is 1. The number of ether oxygens (including phenoxy) is 3. The fraction of sp³-hybridized carbons (Fsp3) is 0.609. The van der Waals surface area contributed by atoms with Gasteiger partial charge in [0.1, 0.15) is 0 Å². The molecule has 0 amide bonds. The lowest BCUT2D eigenvalue weighted by Gasteiger charge is -2.25. The Bertz CT molecular complexity index is 911. The van der Waals surface area contributed by atoms with E-state index in [1.54, 1.807) is 0 Å². The number of anilines is 1. The second-order valence-corrected chi connectivity index (χ2v) is 8.46. The van der Waals surface area contributed by atoms with Crippen LogP contribution in [-0.2, 0) is 14.2 Å². The molecule has 0 radical (unpaired) electrons. The van der Waals surface area contributed by atoms with E-state index in [2.05, 4.69) is 33.1 Å².